The van der Waals surface area contributed by atoms with Gasteiger partial charge in [0.15, 0.2) is 5.96 Å². The van der Waals surface area contributed by atoms with Crippen LogP contribution in [0.2, 0.25) is 0 Å². The second-order valence-corrected chi connectivity index (χ2v) is 7.14. The van der Waals surface area contributed by atoms with E-state index in [-0.39, 0.29) is 11.8 Å². The normalized spacial score (nSPS) is 19.2. The Bertz CT molecular complexity index is 401. The first-order valence-electron chi connectivity index (χ1n) is 9.56. The molecule has 0 radical (unpaired) electrons. The second kappa shape index (κ2) is 12.9. The van der Waals surface area contributed by atoms with Crippen molar-refractivity contribution in [2.75, 3.05) is 53.0 Å². The molecule has 7 heteroatoms. The molecule has 4 N–H and O–H groups in total. The fraction of sp³-hybridized carbons (Fsp3) is 0.889. The molecule has 1 aliphatic rings. The lowest BCUT2D eigenvalue weighted by Crippen LogP contribution is -2.43. The number of guanidine groups is 1. The summed E-state index contributed by atoms with van der Waals surface area (Å²) >= 11 is 0. The molecule has 1 aliphatic heterocycles. The first kappa shape index (κ1) is 21.7. The smallest absolute Gasteiger partial charge is 0.221 e. The molecule has 1 heterocycles. The molecule has 0 spiro atoms. The quantitative estimate of drug-likeness (QED) is 0.290. The summed E-state index contributed by atoms with van der Waals surface area (Å²) in [5, 5.41) is 6.63. The Labute approximate surface area is 152 Å². The van der Waals surface area contributed by atoms with Gasteiger partial charge in [-0.1, -0.05) is 13.8 Å². The van der Waals surface area contributed by atoms with Crippen molar-refractivity contribution in [3.8, 4) is 0 Å². The topological polar surface area (TPSA) is 92.0 Å². The summed E-state index contributed by atoms with van der Waals surface area (Å²) < 4.78 is 5.56. The largest absolute Gasteiger partial charge is 0.381 e. The minimum Gasteiger partial charge on any atom is -0.381 e. The number of hydrogen-bond acceptors (Lipinski definition) is 4. The lowest BCUT2D eigenvalue weighted by atomic mass is 9.97. The van der Waals surface area contributed by atoms with Gasteiger partial charge in [0.1, 0.15) is 0 Å². The van der Waals surface area contributed by atoms with Crippen molar-refractivity contribution in [1.82, 2.24) is 15.5 Å². The van der Waals surface area contributed by atoms with Crippen molar-refractivity contribution >= 4 is 11.9 Å². The highest BCUT2D eigenvalue weighted by Crippen LogP contribution is 2.15. The summed E-state index contributed by atoms with van der Waals surface area (Å²) in [6.45, 7) is 10.5. The van der Waals surface area contributed by atoms with Crippen molar-refractivity contribution in [2.24, 2.45) is 22.6 Å². The molecule has 0 saturated carbocycles. The van der Waals surface area contributed by atoms with Crippen LogP contribution in [-0.4, -0.2) is 69.8 Å². The van der Waals surface area contributed by atoms with E-state index in [1.165, 1.54) is 0 Å². The Hall–Kier alpha value is -1.34. The molecule has 0 bridgehead atoms. The van der Waals surface area contributed by atoms with Crippen LogP contribution in [0.5, 0.6) is 0 Å². The van der Waals surface area contributed by atoms with Gasteiger partial charge in [0.2, 0.25) is 5.91 Å². The number of carbonyl (C=O) groups excluding carboxylic acids is 1. The molecule has 146 valence electrons. The van der Waals surface area contributed by atoms with Crippen LogP contribution in [0.1, 0.15) is 39.5 Å². The van der Waals surface area contributed by atoms with E-state index in [1.807, 2.05) is 0 Å². The molecule has 7 nitrogen and oxygen atoms in total. The molecule has 1 amide bonds. The summed E-state index contributed by atoms with van der Waals surface area (Å²) in [6.07, 6.45) is 3.98. The molecule has 1 fully saturated rings. The number of nitrogens with zero attached hydrogens (tertiary/aromatic N) is 2. The summed E-state index contributed by atoms with van der Waals surface area (Å²) in [5.74, 6) is 1.27. The highest BCUT2D eigenvalue weighted by molar-refractivity contribution is 5.79. The molecule has 1 rings (SSSR count). The summed E-state index contributed by atoms with van der Waals surface area (Å²) in [4.78, 5) is 17.9. The predicted octanol–water partition coefficient (Wildman–Crippen LogP) is 0.802. The van der Waals surface area contributed by atoms with Gasteiger partial charge in [-0.3, -0.25) is 9.79 Å². The van der Waals surface area contributed by atoms with E-state index < -0.39 is 0 Å². The number of aliphatic imine (C=N–C) groups is 1. The van der Waals surface area contributed by atoms with E-state index in [0.717, 1.165) is 77.6 Å². The van der Waals surface area contributed by atoms with Crippen LogP contribution in [0, 0.1) is 11.8 Å². The summed E-state index contributed by atoms with van der Waals surface area (Å²) in [5.41, 5.74) is 5.42. The van der Waals surface area contributed by atoms with E-state index in [0.29, 0.717) is 5.92 Å². The van der Waals surface area contributed by atoms with E-state index in [9.17, 15) is 4.79 Å². The lowest BCUT2D eigenvalue weighted by Gasteiger charge is -2.31. The van der Waals surface area contributed by atoms with Gasteiger partial charge in [-0.15, -0.1) is 0 Å². The van der Waals surface area contributed by atoms with Gasteiger partial charge >= 0.3 is 0 Å². The van der Waals surface area contributed by atoms with Gasteiger partial charge in [0, 0.05) is 39.9 Å². The van der Waals surface area contributed by atoms with Gasteiger partial charge in [-0.05, 0) is 44.7 Å². The van der Waals surface area contributed by atoms with Gasteiger partial charge in [0.05, 0.1) is 5.92 Å². The van der Waals surface area contributed by atoms with Crippen LogP contribution >= 0.6 is 0 Å². The SMILES string of the molecule is CN=C(NCCCOCC(C)C)NCCCN1CCCC(C(N)=O)C1. The number of nitrogens with two attached hydrogens (primary N) is 1. The van der Waals surface area contributed by atoms with Crippen LogP contribution in [0.3, 0.4) is 0 Å². The maximum Gasteiger partial charge on any atom is 0.221 e. The van der Waals surface area contributed by atoms with E-state index in [1.54, 1.807) is 7.05 Å². The number of nitrogens with one attached hydrogen (secondary N) is 2. The number of likely N-dealkylation sites (tertiary alicyclic amines) is 1. The molecule has 25 heavy (non-hydrogen) atoms. The average molecular weight is 356 g/mol. The second-order valence-electron chi connectivity index (χ2n) is 7.14. The molecule has 1 saturated heterocycles. The lowest BCUT2D eigenvalue weighted by molar-refractivity contribution is -0.123. The Morgan fingerprint density at radius 2 is 2.04 bits per heavy atom. The third kappa shape index (κ3) is 10.3. The molecule has 0 aromatic rings. The van der Waals surface area contributed by atoms with E-state index in [4.69, 9.17) is 10.5 Å². The zero-order chi connectivity index (χ0) is 18.5. The number of amides is 1. The monoisotopic (exact) mass is 355 g/mol. The van der Waals surface area contributed by atoms with Crippen LogP contribution < -0.4 is 16.4 Å². The van der Waals surface area contributed by atoms with Crippen molar-refractivity contribution in [2.45, 2.75) is 39.5 Å². The highest BCUT2D eigenvalue weighted by atomic mass is 16.5. The van der Waals surface area contributed by atoms with E-state index in [2.05, 4.69) is 34.4 Å². The third-order valence-corrected chi connectivity index (χ3v) is 4.28. The van der Waals surface area contributed by atoms with Gasteiger partial charge < -0.3 is 26.0 Å². The van der Waals surface area contributed by atoms with Gasteiger partial charge in [0.25, 0.3) is 0 Å². The van der Waals surface area contributed by atoms with Crippen molar-refractivity contribution in [3.05, 3.63) is 0 Å². The number of primary amides is 1. The molecule has 1 unspecified atom stereocenters. The Balaban J connectivity index is 2.06. The zero-order valence-electron chi connectivity index (χ0n) is 16.2. The molecular formula is C18H37N5O2. The first-order chi connectivity index (χ1) is 12.0. The Kier molecular flexibility index (Phi) is 11.2. The van der Waals surface area contributed by atoms with Crippen molar-refractivity contribution in [3.63, 3.8) is 0 Å². The summed E-state index contributed by atoms with van der Waals surface area (Å²) in [6, 6.07) is 0. The number of ether oxygens (including phenoxy) is 1. The molecule has 0 aliphatic carbocycles. The maximum absolute atomic E-state index is 11.3. The third-order valence-electron chi connectivity index (χ3n) is 4.28. The first-order valence-corrected chi connectivity index (χ1v) is 9.56. The van der Waals surface area contributed by atoms with Crippen LogP contribution in [0.25, 0.3) is 0 Å². The minimum atomic E-state index is -0.162. The van der Waals surface area contributed by atoms with Crippen molar-refractivity contribution < 1.29 is 9.53 Å². The number of hydrogen-bond donors (Lipinski definition) is 3. The van der Waals surface area contributed by atoms with Crippen LogP contribution in [0.15, 0.2) is 4.99 Å². The van der Waals surface area contributed by atoms with Crippen LogP contribution in [-0.2, 0) is 9.53 Å². The molecule has 1 atom stereocenters. The fourth-order valence-corrected chi connectivity index (χ4v) is 2.92. The number of rotatable bonds is 11. The fourth-order valence-electron chi connectivity index (χ4n) is 2.92. The molecule has 0 aromatic carbocycles. The average Bonchev–Trinajstić information content (AvgIpc) is 2.59. The predicted molar refractivity (Wildman–Crippen MR) is 103 cm³/mol. The van der Waals surface area contributed by atoms with Crippen molar-refractivity contribution in [1.29, 1.82) is 0 Å². The molecule has 0 aromatic heterocycles. The standard InChI is InChI=1S/C18H37N5O2/c1-15(2)14-25-12-6-9-22-18(20-3)21-8-5-11-23-10-4-7-16(13-23)17(19)24/h15-16H,4-14H2,1-3H3,(H2,19,24)(H2,20,21,22). The maximum atomic E-state index is 11.3. The minimum absolute atomic E-state index is 0.0223. The number of piperidine rings is 1. The van der Waals surface area contributed by atoms with Crippen LogP contribution in [0.4, 0.5) is 0 Å². The van der Waals surface area contributed by atoms with Gasteiger partial charge in [-0.2, -0.15) is 0 Å². The highest BCUT2D eigenvalue weighted by Gasteiger charge is 2.23. The Morgan fingerprint density at radius 3 is 2.68 bits per heavy atom. The number of carbonyl (C=O) groups is 1. The Morgan fingerprint density at radius 1 is 1.32 bits per heavy atom. The molecular weight excluding hydrogens is 318 g/mol. The zero-order valence-corrected chi connectivity index (χ0v) is 16.2. The summed E-state index contributed by atoms with van der Waals surface area (Å²) in [7, 11) is 1.78. The van der Waals surface area contributed by atoms with E-state index >= 15 is 0 Å². The van der Waals surface area contributed by atoms with Gasteiger partial charge in [-0.25, -0.2) is 0 Å².